The van der Waals surface area contributed by atoms with Crippen LogP contribution in [0.2, 0.25) is 0 Å². The van der Waals surface area contributed by atoms with Crippen molar-refractivity contribution in [1.82, 2.24) is 19.7 Å². The van der Waals surface area contributed by atoms with Crippen molar-refractivity contribution >= 4 is 17.7 Å². The number of nitrogens with zero attached hydrogens (tertiary/aromatic N) is 4. The molecule has 0 fully saturated rings. The first-order valence-electron chi connectivity index (χ1n) is 10.3. The summed E-state index contributed by atoms with van der Waals surface area (Å²) in [5.41, 5.74) is 1.92. The Bertz CT molecular complexity index is 1130. The van der Waals surface area contributed by atoms with Crippen molar-refractivity contribution in [3.8, 4) is 22.8 Å². The van der Waals surface area contributed by atoms with E-state index in [1.54, 1.807) is 11.9 Å². The van der Waals surface area contributed by atoms with Crippen LogP contribution in [0.15, 0.2) is 96.2 Å². The van der Waals surface area contributed by atoms with E-state index in [0.717, 1.165) is 22.8 Å². The lowest BCUT2D eigenvalue weighted by atomic mass is 10.2. The second kappa shape index (κ2) is 10.6. The maximum Gasteiger partial charge on any atom is 0.232 e. The fourth-order valence-corrected chi connectivity index (χ4v) is 4.02. The molecule has 0 atom stereocenters. The van der Waals surface area contributed by atoms with Crippen LogP contribution in [0.5, 0.6) is 5.75 Å². The van der Waals surface area contributed by atoms with Crippen LogP contribution in [0.3, 0.4) is 0 Å². The Morgan fingerprint density at radius 1 is 0.906 bits per heavy atom. The molecule has 0 spiro atoms. The van der Waals surface area contributed by atoms with Crippen LogP contribution in [0.1, 0.15) is 0 Å². The number of carbonyl (C=O) groups excluding carboxylic acids is 1. The zero-order chi connectivity index (χ0) is 22.2. The molecule has 0 radical (unpaired) electrons. The van der Waals surface area contributed by atoms with Gasteiger partial charge in [-0.1, -0.05) is 78.5 Å². The molecular weight excluding hydrogens is 420 g/mol. The van der Waals surface area contributed by atoms with E-state index in [0.29, 0.717) is 18.3 Å². The van der Waals surface area contributed by atoms with Gasteiger partial charge >= 0.3 is 0 Å². The third kappa shape index (κ3) is 5.36. The smallest absolute Gasteiger partial charge is 0.232 e. The maximum atomic E-state index is 12.7. The topological polar surface area (TPSA) is 60.2 Å². The molecule has 4 aromatic rings. The lowest BCUT2D eigenvalue weighted by molar-refractivity contribution is -0.127. The van der Waals surface area contributed by atoms with Gasteiger partial charge in [0.1, 0.15) is 12.4 Å². The monoisotopic (exact) mass is 444 g/mol. The predicted molar refractivity (Wildman–Crippen MR) is 127 cm³/mol. The zero-order valence-electron chi connectivity index (χ0n) is 17.8. The molecule has 3 aromatic carbocycles. The lowest BCUT2D eigenvalue weighted by Crippen LogP contribution is -2.32. The van der Waals surface area contributed by atoms with E-state index in [2.05, 4.69) is 10.2 Å². The van der Waals surface area contributed by atoms with Gasteiger partial charge in [-0.15, -0.1) is 10.2 Å². The van der Waals surface area contributed by atoms with Crippen LogP contribution in [0.4, 0.5) is 0 Å². The number of rotatable bonds is 9. The van der Waals surface area contributed by atoms with Gasteiger partial charge in [-0.3, -0.25) is 9.36 Å². The zero-order valence-corrected chi connectivity index (χ0v) is 18.6. The Balaban J connectivity index is 1.42. The number of hydrogen-bond donors (Lipinski definition) is 0. The van der Waals surface area contributed by atoms with E-state index in [-0.39, 0.29) is 11.7 Å². The van der Waals surface area contributed by atoms with Crippen LogP contribution < -0.4 is 4.74 Å². The van der Waals surface area contributed by atoms with Gasteiger partial charge in [-0.05, 0) is 24.3 Å². The largest absolute Gasteiger partial charge is 0.492 e. The van der Waals surface area contributed by atoms with Gasteiger partial charge < -0.3 is 9.64 Å². The average molecular weight is 445 g/mol. The van der Waals surface area contributed by atoms with Crippen LogP contribution >= 0.6 is 11.8 Å². The molecule has 0 saturated heterocycles. The van der Waals surface area contributed by atoms with Gasteiger partial charge in [0.25, 0.3) is 0 Å². The highest BCUT2D eigenvalue weighted by Crippen LogP contribution is 2.27. The summed E-state index contributed by atoms with van der Waals surface area (Å²) in [7, 11) is 1.79. The Hall–Kier alpha value is -3.58. The molecule has 7 heteroatoms. The number of likely N-dealkylation sites (N-methyl/N-ethyl adjacent to an activating group) is 1. The molecule has 0 unspecified atom stereocenters. The third-order valence-corrected chi connectivity index (χ3v) is 5.78. The van der Waals surface area contributed by atoms with Crippen molar-refractivity contribution < 1.29 is 9.53 Å². The fourth-order valence-electron chi connectivity index (χ4n) is 3.13. The Labute approximate surface area is 191 Å². The van der Waals surface area contributed by atoms with E-state index >= 15 is 0 Å². The molecule has 1 heterocycles. The molecule has 0 aliphatic heterocycles. The second-order valence-electron chi connectivity index (χ2n) is 7.11. The van der Waals surface area contributed by atoms with Crippen LogP contribution in [0, 0.1) is 0 Å². The van der Waals surface area contributed by atoms with Crippen LogP contribution in [-0.4, -0.2) is 51.5 Å². The molecule has 162 valence electrons. The van der Waals surface area contributed by atoms with E-state index in [1.807, 2.05) is 95.6 Å². The number of para-hydroxylation sites is 2. The van der Waals surface area contributed by atoms with Crippen LogP contribution in [-0.2, 0) is 4.79 Å². The molecule has 1 amide bonds. The predicted octanol–water partition coefficient (Wildman–Crippen LogP) is 4.56. The van der Waals surface area contributed by atoms with Crippen LogP contribution in [0.25, 0.3) is 17.1 Å². The summed E-state index contributed by atoms with van der Waals surface area (Å²) in [6.45, 7) is 0.949. The van der Waals surface area contributed by atoms with Crippen molar-refractivity contribution in [2.24, 2.45) is 0 Å². The van der Waals surface area contributed by atoms with E-state index in [9.17, 15) is 4.79 Å². The Morgan fingerprint density at radius 2 is 1.53 bits per heavy atom. The van der Waals surface area contributed by atoms with E-state index in [1.165, 1.54) is 11.8 Å². The first kappa shape index (κ1) is 21.6. The van der Waals surface area contributed by atoms with Gasteiger partial charge in [0.15, 0.2) is 11.0 Å². The summed E-state index contributed by atoms with van der Waals surface area (Å²) in [6, 6.07) is 29.5. The lowest BCUT2D eigenvalue weighted by Gasteiger charge is -2.17. The minimum absolute atomic E-state index is 0.00975. The summed E-state index contributed by atoms with van der Waals surface area (Å²) in [5.74, 6) is 1.82. The normalized spacial score (nSPS) is 10.7. The van der Waals surface area contributed by atoms with Crippen molar-refractivity contribution in [3.05, 3.63) is 91.0 Å². The molecule has 32 heavy (non-hydrogen) atoms. The Kier molecular flexibility index (Phi) is 7.19. The number of benzene rings is 3. The highest BCUT2D eigenvalue weighted by atomic mass is 32.2. The van der Waals surface area contributed by atoms with Crippen molar-refractivity contribution in [1.29, 1.82) is 0 Å². The highest BCUT2D eigenvalue weighted by Gasteiger charge is 2.18. The van der Waals surface area contributed by atoms with Gasteiger partial charge in [0, 0.05) is 18.3 Å². The standard InChI is InChI=1S/C25H24N4O2S/c1-28(17-18-31-22-15-9-4-10-16-22)23(30)19-32-25-27-26-24(20-11-5-2-6-12-20)29(25)21-13-7-3-8-14-21/h2-16H,17-19H2,1H3. The van der Waals surface area contributed by atoms with E-state index < -0.39 is 0 Å². The van der Waals surface area contributed by atoms with Gasteiger partial charge in [0.2, 0.25) is 5.91 Å². The number of thioether (sulfide) groups is 1. The third-order valence-electron chi connectivity index (χ3n) is 4.87. The number of carbonyl (C=O) groups is 1. The molecular formula is C25H24N4O2S. The first-order chi connectivity index (χ1) is 15.7. The van der Waals surface area contributed by atoms with Gasteiger partial charge in [-0.2, -0.15) is 0 Å². The number of ether oxygens (including phenoxy) is 1. The quantitative estimate of drug-likeness (QED) is 0.354. The summed E-state index contributed by atoms with van der Waals surface area (Å²) in [5, 5.41) is 9.48. The summed E-state index contributed by atoms with van der Waals surface area (Å²) in [6.07, 6.45) is 0. The number of aromatic nitrogens is 3. The fraction of sp³-hybridized carbons (Fsp3) is 0.160. The summed E-state index contributed by atoms with van der Waals surface area (Å²) in [4.78, 5) is 14.4. The van der Waals surface area contributed by atoms with E-state index in [4.69, 9.17) is 4.74 Å². The minimum atomic E-state index is 0.00975. The van der Waals surface area contributed by atoms with Gasteiger partial charge in [0.05, 0.1) is 12.3 Å². The molecule has 4 rings (SSSR count). The molecule has 0 aliphatic rings. The first-order valence-corrected chi connectivity index (χ1v) is 11.3. The molecule has 1 aromatic heterocycles. The van der Waals surface area contributed by atoms with Crippen molar-refractivity contribution in [3.63, 3.8) is 0 Å². The highest BCUT2D eigenvalue weighted by molar-refractivity contribution is 7.99. The average Bonchev–Trinajstić information content (AvgIpc) is 3.28. The summed E-state index contributed by atoms with van der Waals surface area (Å²) < 4.78 is 7.68. The number of hydrogen-bond acceptors (Lipinski definition) is 5. The molecule has 0 aliphatic carbocycles. The molecule has 0 saturated carbocycles. The summed E-state index contributed by atoms with van der Waals surface area (Å²) >= 11 is 1.38. The second-order valence-corrected chi connectivity index (χ2v) is 8.05. The number of amides is 1. The van der Waals surface area contributed by atoms with Crippen molar-refractivity contribution in [2.45, 2.75) is 5.16 Å². The molecule has 6 nitrogen and oxygen atoms in total. The van der Waals surface area contributed by atoms with Crippen molar-refractivity contribution in [2.75, 3.05) is 26.0 Å². The maximum absolute atomic E-state index is 12.7. The minimum Gasteiger partial charge on any atom is -0.492 e. The Morgan fingerprint density at radius 3 is 2.22 bits per heavy atom. The van der Waals surface area contributed by atoms with Gasteiger partial charge in [-0.25, -0.2) is 0 Å². The molecule has 0 N–H and O–H groups in total. The SMILES string of the molecule is CN(CCOc1ccccc1)C(=O)CSc1nnc(-c2ccccc2)n1-c1ccccc1. The molecule has 0 bridgehead atoms.